The van der Waals surface area contributed by atoms with E-state index in [1.807, 2.05) is 41.1 Å². The summed E-state index contributed by atoms with van der Waals surface area (Å²) in [7, 11) is 1.57. The maximum atomic E-state index is 12.6. The summed E-state index contributed by atoms with van der Waals surface area (Å²) < 4.78 is 5.27. The van der Waals surface area contributed by atoms with Crippen LogP contribution in [0.2, 0.25) is 5.02 Å². The average Bonchev–Trinajstić information content (AvgIpc) is 3.15. The van der Waals surface area contributed by atoms with Crippen LogP contribution in [0.1, 0.15) is 22.9 Å². The molecule has 0 spiro atoms. The molecular weight excluding hydrogens is 356 g/mol. The second-order valence-electron chi connectivity index (χ2n) is 5.44. The lowest BCUT2D eigenvalue weighted by atomic mass is 10.0. The van der Waals surface area contributed by atoms with Crippen LogP contribution in [-0.4, -0.2) is 18.0 Å². The molecule has 2 heterocycles. The Labute approximate surface area is 155 Å². The van der Waals surface area contributed by atoms with E-state index in [2.05, 4.69) is 10.3 Å². The molecule has 0 aliphatic carbocycles. The van der Waals surface area contributed by atoms with E-state index in [9.17, 15) is 4.79 Å². The van der Waals surface area contributed by atoms with Gasteiger partial charge < -0.3 is 10.1 Å². The van der Waals surface area contributed by atoms with Gasteiger partial charge in [0.05, 0.1) is 25.3 Å². The number of rotatable bonds is 6. The Morgan fingerprint density at radius 1 is 1.24 bits per heavy atom. The van der Waals surface area contributed by atoms with Gasteiger partial charge in [0.2, 0.25) is 5.91 Å². The smallest absolute Gasteiger partial charge is 0.226 e. The first-order valence-electron chi connectivity index (χ1n) is 7.72. The zero-order valence-corrected chi connectivity index (χ0v) is 15.2. The number of halogens is 1. The number of benzene rings is 1. The van der Waals surface area contributed by atoms with Crippen molar-refractivity contribution < 1.29 is 9.53 Å². The molecule has 25 heavy (non-hydrogen) atoms. The van der Waals surface area contributed by atoms with Crippen molar-refractivity contribution in [3.63, 3.8) is 0 Å². The highest BCUT2D eigenvalue weighted by Crippen LogP contribution is 2.26. The van der Waals surface area contributed by atoms with Crippen molar-refractivity contribution in [3.8, 4) is 5.75 Å². The fraction of sp³-hybridized carbons (Fsp3) is 0.158. The van der Waals surface area contributed by atoms with Crippen LogP contribution in [0.25, 0.3) is 0 Å². The van der Waals surface area contributed by atoms with Crippen LogP contribution in [0.5, 0.6) is 5.75 Å². The zero-order chi connectivity index (χ0) is 17.6. The third kappa shape index (κ3) is 4.38. The highest BCUT2D eigenvalue weighted by molar-refractivity contribution is 7.08. The summed E-state index contributed by atoms with van der Waals surface area (Å²) in [6, 6.07) is 12.8. The predicted octanol–water partition coefficient (Wildman–Crippen LogP) is 4.25. The Morgan fingerprint density at radius 2 is 2.04 bits per heavy atom. The summed E-state index contributed by atoms with van der Waals surface area (Å²) in [5.41, 5.74) is 2.63. The first-order chi connectivity index (χ1) is 12.2. The number of nitrogens with zero attached hydrogens (tertiary/aromatic N) is 1. The molecule has 4 nitrogen and oxygen atoms in total. The van der Waals surface area contributed by atoms with Gasteiger partial charge >= 0.3 is 0 Å². The number of thiophene rings is 1. The molecule has 3 rings (SSSR count). The number of amides is 1. The van der Waals surface area contributed by atoms with E-state index in [0.29, 0.717) is 16.5 Å². The molecule has 0 aliphatic heterocycles. The number of hydrogen-bond donors (Lipinski definition) is 1. The number of aromatic nitrogens is 1. The fourth-order valence-corrected chi connectivity index (χ4v) is 3.37. The SMILES string of the molecule is COc1cccnc1CC(=O)N[C@@H](c1ccc(Cl)cc1)c1ccsc1. The molecule has 128 valence electrons. The summed E-state index contributed by atoms with van der Waals surface area (Å²) in [6.45, 7) is 0. The van der Waals surface area contributed by atoms with E-state index in [1.165, 1.54) is 0 Å². The van der Waals surface area contributed by atoms with Crippen molar-refractivity contribution in [2.24, 2.45) is 0 Å². The van der Waals surface area contributed by atoms with E-state index in [0.717, 1.165) is 11.1 Å². The maximum Gasteiger partial charge on any atom is 0.226 e. The van der Waals surface area contributed by atoms with E-state index < -0.39 is 0 Å². The first kappa shape index (κ1) is 17.5. The molecular formula is C19H17ClN2O2S. The predicted molar refractivity (Wildman–Crippen MR) is 100 cm³/mol. The summed E-state index contributed by atoms with van der Waals surface area (Å²) in [4.78, 5) is 16.8. The van der Waals surface area contributed by atoms with Crippen molar-refractivity contribution in [2.45, 2.75) is 12.5 Å². The summed E-state index contributed by atoms with van der Waals surface area (Å²) in [5.74, 6) is 0.486. The number of methoxy groups -OCH3 is 1. The number of carbonyl (C=O) groups excluding carboxylic acids is 1. The maximum absolute atomic E-state index is 12.6. The van der Waals surface area contributed by atoms with Crippen LogP contribution in [0.4, 0.5) is 0 Å². The van der Waals surface area contributed by atoms with Gasteiger partial charge in [0.1, 0.15) is 5.75 Å². The summed E-state index contributed by atoms with van der Waals surface area (Å²) in [6.07, 6.45) is 1.80. The standard InChI is InChI=1S/C19H17ClN2O2S/c1-24-17-3-2-9-21-16(17)11-18(23)22-19(14-8-10-25-12-14)13-4-6-15(20)7-5-13/h2-10,12,19H,11H2,1H3,(H,22,23)/t19-/m0/s1. The third-order valence-electron chi connectivity index (χ3n) is 3.78. The number of hydrogen-bond acceptors (Lipinski definition) is 4. The van der Waals surface area contributed by atoms with Gasteiger partial charge in [-0.2, -0.15) is 11.3 Å². The summed E-state index contributed by atoms with van der Waals surface area (Å²) >= 11 is 7.57. The molecule has 2 aromatic heterocycles. The van der Waals surface area contributed by atoms with Crippen LogP contribution < -0.4 is 10.1 Å². The second kappa shape index (κ2) is 8.14. The van der Waals surface area contributed by atoms with Gasteiger partial charge in [-0.25, -0.2) is 0 Å². The van der Waals surface area contributed by atoms with Gasteiger partial charge in [0.25, 0.3) is 0 Å². The Balaban J connectivity index is 1.80. The quantitative estimate of drug-likeness (QED) is 0.703. The average molecular weight is 373 g/mol. The molecule has 1 amide bonds. The van der Waals surface area contributed by atoms with Crippen molar-refractivity contribution >= 4 is 28.8 Å². The van der Waals surface area contributed by atoms with Gasteiger partial charge in [0.15, 0.2) is 0 Å². The number of nitrogens with one attached hydrogen (secondary N) is 1. The number of ether oxygens (including phenoxy) is 1. The molecule has 1 atom stereocenters. The van der Waals surface area contributed by atoms with Crippen molar-refractivity contribution in [2.75, 3.05) is 7.11 Å². The Hall–Kier alpha value is -2.37. The van der Waals surface area contributed by atoms with E-state index in [-0.39, 0.29) is 18.4 Å². The fourth-order valence-electron chi connectivity index (χ4n) is 2.56. The molecule has 0 unspecified atom stereocenters. The Kier molecular flexibility index (Phi) is 5.68. The van der Waals surface area contributed by atoms with Crippen molar-refractivity contribution in [1.82, 2.24) is 10.3 Å². The molecule has 6 heteroatoms. The van der Waals surface area contributed by atoms with Crippen LogP contribution in [0, 0.1) is 0 Å². The minimum absolute atomic E-state index is 0.122. The van der Waals surface area contributed by atoms with E-state index >= 15 is 0 Å². The van der Waals surface area contributed by atoms with Gasteiger partial charge in [-0.05, 0) is 52.2 Å². The molecule has 0 bridgehead atoms. The molecule has 0 radical (unpaired) electrons. The van der Waals surface area contributed by atoms with Crippen LogP contribution in [0.15, 0.2) is 59.4 Å². The third-order valence-corrected chi connectivity index (χ3v) is 4.74. The lowest BCUT2D eigenvalue weighted by Gasteiger charge is -2.19. The van der Waals surface area contributed by atoms with Crippen molar-refractivity contribution in [3.05, 3.63) is 81.3 Å². The minimum atomic E-state index is -0.231. The molecule has 1 N–H and O–H groups in total. The van der Waals surface area contributed by atoms with Gasteiger partial charge in [-0.15, -0.1) is 0 Å². The summed E-state index contributed by atoms with van der Waals surface area (Å²) in [5, 5.41) is 7.77. The topological polar surface area (TPSA) is 51.2 Å². The van der Waals surface area contributed by atoms with Crippen LogP contribution in [-0.2, 0) is 11.2 Å². The zero-order valence-electron chi connectivity index (χ0n) is 13.6. The molecule has 1 aromatic carbocycles. The normalized spacial score (nSPS) is 11.8. The first-order valence-corrected chi connectivity index (χ1v) is 9.04. The number of pyridine rings is 1. The molecule has 0 saturated heterocycles. The second-order valence-corrected chi connectivity index (χ2v) is 6.65. The van der Waals surface area contributed by atoms with E-state index in [1.54, 1.807) is 36.8 Å². The van der Waals surface area contributed by atoms with Crippen molar-refractivity contribution in [1.29, 1.82) is 0 Å². The Bertz CT molecular complexity index is 835. The molecule has 0 aliphatic rings. The van der Waals surface area contributed by atoms with Crippen LogP contribution >= 0.6 is 22.9 Å². The lowest BCUT2D eigenvalue weighted by molar-refractivity contribution is -0.121. The molecule has 0 fully saturated rings. The monoisotopic (exact) mass is 372 g/mol. The van der Waals surface area contributed by atoms with Crippen LogP contribution in [0.3, 0.4) is 0 Å². The highest BCUT2D eigenvalue weighted by Gasteiger charge is 2.19. The number of carbonyl (C=O) groups is 1. The van der Waals surface area contributed by atoms with Gasteiger partial charge in [-0.3, -0.25) is 9.78 Å². The van der Waals surface area contributed by atoms with Gasteiger partial charge in [0, 0.05) is 11.2 Å². The Morgan fingerprint density at radius 3 is 2.72 bits per heavy atom. The minimum Gasteiger partial charge on any atom is -0.495 e. The molecule has 3 aromatic rings. The largest absolute Gasteiger partial charge is 0.495 e. The highest BCUT2D eigenvalue weighted by atomic mass is 35.5. The van der Waals surface area contributed by atoms with E-state index in [4.69, 9.17) is 16.3 Å². The molecule has 0 saturated carbocycles. The van der Waals surface area contributed by atoms with Gasteiger partial charge in [-0.1, -0.05) is 23.7 Å². The lowest BCUT2D eigenvalue weighted by Crippen LogP contribution is -2.30.